The van der Waals surface area contributed by atoms with Crippen molar-refractivity contribution in [2.24, 2.45) is 7.05 Å². The molecule has 33 heavy (non-hydrogen) atoms. The van der Waals surface area contributed by atoms with Gasteiger partial charge in [0, 0.05) is 19.1 Å². The molecule has 7 nitrogen and oxygen atoms in total. The minimum Gasteiger partial charge on any atom is -0.485 e. The van der Waals surface area contributed by atoms with Crippen LogP contribution in [0.2, 0.25) is 0 Å². The fourth-order valence-corrected chi connectivity index (χ4v) is 6.29. The number of benzene rings is 1. The van der Waals surface area contributed by atoms with Crippen LogP contribution >= 0.6 is 11.8 Å². The minimum atomic E-state index is -0.316. The van der Waals surface area contributed by atoms with Gasteiger partial charge < -0.3 is 18.9 Å². The van der Waals surface area contributed by atoms with Gasteiger partial charge in [-0.2, -0.15) is 0 Å². The molecule has 1 aromatic heterocycles. The Morgan fingerprint density at radius 1 is 1.00 bits per heavy atom. The number of thioether (sulfide) groups is 1. The first-order valence-electron chi connectivity index (χ1n) is 12.4. The van der Waals surface area contributed by atoms with E-state index in [1.807, 2.05) is 35.9 Å². The van der Waals surface area contributed by atoms with Gasteiger partial charge in [-0.25, -0.2) is 0 Å². The first kappa shape index (κ1) is 22.6. The molecule has 1 amide bonds. The molecule has 0 N–H and O–H groups in total. The SMILES string of the molecule is Cn1c(SCC(=O)N(C2CCCCC2)C2CCCCC2)nnc1[C@H]1COc2ccccc2O1. The lowest BCUT2D eigenvalue weighted by atomic mass is 9.88. The van der Waals surface area contributed by atoms with Crippen molar-refractivity contribution in [1.29, 1.82) is 0 Å². The normalized spacial score (nSPS) is 21.7. The summed E-state index contributed by atoms with van der Waals surface area (Å²) in [5.74, 6) is 2.85. The topological polar surface area (TPSA) is 69.5 Å². The Morgan fingerprint density at radius 3 is 2.30 bits per heavy atom. The third-order valence-corrected chi connectivity index (χ3v) is 8.22. The number of hydrogen-bond acceptors (Lipinski definition) is 6. The molecule has 0 radical (unpaired) electrons. The minimum absolute atomic E-state index is 0.259. The standard InChI is InChI=1S/C25H34N4O3S/c1-28-24(22-16-31-20-14-8-9-15-21(20)32-22)26-27-25(28)33-17-23(30)29(18-10-4-2-5-11-18)19-12-6-3-7-13-19/h8-9,14-15,18-19,22H,2-7,10-13,16-17H2,1H3/t22-/m1/s1. The maximum atomic E-state index is 13.5. The first-order chi connectivity index (χ1) is 16.2. The van der Waals surface area contributed by atoms with Gasteiger partial charge in [0.25, 0.3) is 0 Å². The van der Waals surface area contributed by atoms with Crippen LogP contribution < -0.4 is 9.47 Å². The number of fused-ring (bicyclic) bond motifs is 1. The number of carbonyl (C=O) groups is 1. The van der Waals surface area contributed by atoms with Gasteiger partial charge in [-0.1, -0.05) is 62.4 Å². The van der Waals surface area contributed by atoms with Gasteiger partial charge >= 0.3 is 0 Å². The average molecular weight is 471 g/mol. The number of ether oxygens (including phenoxy) is 2. The largest absolute Gasteiger partial charge is 0.485 e. The molecule has 1 atom stereocenters. The van der Waals surface area contributed by atoms with Crippen LogP contribution in [0.1, 0.15) is 76.1 Å². The second-order valence-corrected chi connectivity index (χ2v) is 10.4. The molecule has 5 rings (SSSR count). The highest BCUT2D eigenvalue weighted by Gasteiger charge is 2.33. The van der Waals surface area contributed by atoms with Crippen LogP contribution in [0.3, 0.4) is 0 Å². The predicted octanol–water partition coefficient (Wildman–Crippen LogP) is 4.91. The zero-order valence-corrected chi connectivity index (χ0v) is 20.3. The molecule has 178 valence electrons. The molecule has 2 saturated carbocycles. The van der Waals surface area contributed by atoms with Gasteiger partial charge in [-0.3, -0.25) is 4.79 Å². The quantitative estimate of drug-likeness (QED) is 0.559. The van der Waals surface area contributed by atoms with Crippen LogP contribution in [0.4, 0.5) is 0 Å². The van der Waals surface area contributed by atoms with Crippen LogP contribution in [0.15, 0.2) is 29.4 Å². The van der Waals surface area contributed by atoms with Gasteiger partial charge in [0.15, 0.2) is 28.6 Å². The van der Waals surface area contributed by atoms with E-state index in [0.29, 0.717) is 24.4 Å². The summed E-state index contributed by atoms with van der Waals surface area (Å²) in [6.07, 6.45) is 11.9. The van der Waals surface area contributed by atoms with Crippen LogP contribution in [0.25, 0.3) is 0 Å². The lowest BCUT2D eigenvalue weighted by molar-refractivity contribution is -0.135. The summed E-state index contributed by atoms with van der Waals surface area (Å²) in [5, 5.41) is 9.49. The van der Waals surface area contributed by atoms with Crippen molar-refractivity contribution >= 4 is 17.7 Å². The summed E-state index contributed by atoms with van der Waals surface area (Å²) in [6, 6.07) is 8.49. The first-order valence-corrected chi connectivity index (χ1v) is 13.4. The molecule has 2 aromatic rings. The molecule has 3 aliphatic rings. The third-order valence-electron chi connectivity index (χ3n) is 7.21. The molecule has 0 unspecified atom stereocenters. The van der Waals surface area contributed by atoms with Gasteiger partial charge in [-0.15, -0.1) is 10.2 Å². The van der Waals surface area contributed by atoms with Crippen LogP contribution in [0.5, 0.6) is 11.5 Å². The fourth-order valence-electron chi connectivity index (χ4n) is 5.50. The van der Waals surface area contributed by atoms with E-state index in [1.54, 1.807) is 0 Å². The maximum absolute atomic E-state index is 13.5. The van der Waals surface area contributed by atoms with Crippen molar-refractivity contribution in [1.82, 2.24) is 19.7 Å². The van der Waals surface area contributed by atoms with Crippen LogP contribution in [0, 0.1) is 0 Å². The van der Waals surface area contributed by atoms with Crippen LogP contribution in [-0.2, 0) is 11.8 Å². The zero-order valence-electron chi connectivity index (χ0n) is 19.4. The number of rotatable bonds is 6. The monoisotopic (exact) mass is 470 g/mol. The number of aromatic nitrogens is 3. The van der Waals surface area contributed by atoms with Gasteiger partial charge in [0.1, 0.15) is 6.61 Å². The lowest BCUT2D eigenvalue weighted by Gasteiger charge is -2.41. The van der Waals surface area contributed by atoms with Crippen molar-refractivity contribution in [3.63, 3.8) is 0 Å². The predicted molar refractivity (Wildman–Crippen MR) is 128 cm³/mol. The van der Waals surface area contributed by atoms with E-state index in [0.717, 1.165) is 48.2 Å². The van der Waals surface area contributed by atoms with E-state index >= 15 is 0 Å². The van der Waals surface area contributed by atoms with Gasteiger partial charge in [-0.05, 0) is 37.8 Å². The van der Waals surface area contributed by atoms with E-state index < -0.39 is 0 Å². The van der Waals surface area contributed by atoms with E-state index in [2.05, 4.69) is 15.1 Å². The Labute approximate surface area is 200 Å². The molecule has 8 heteroatoms. The molecule has 1 aliphatic heterocycles. The molecule has 0 spiro atoms. The van der Waals surface area contributed by atoms with Gasteiger partial charge in [0.2, 0.25) is 5.91 Å². The Bertz CT molecular complexity index is 935. The Balaban J connectivity index is 1.25. The molecule has 2 fully saturated rings. The van der Waals surface area contributed by atoms with Crippen molar-refractivity contribution < 1.29 is 14.3 Å². The lowest BCUT2D eigenvalue weighted by Crippen LogP contribution is -2.49. The molecule has 1 aromatic carbocycles. The Hall–Kier alpha value is -2.22. The van der Waals surface area contributed by atoms with E-state index in [1.165, 1.54) is 50.3 Å². The Morgan fingerprint density at radius 2 is 1.64 bits per heavy atom. The summed E-state index contributed by atoms with van der Waals surface area (Å²) in [4.78, 5) is 15.8. The summed E-state index contributed by atoms with van der Waals surface area (Å²) in [5.41, 5.74) is 0. The highest BCUT2D eigenvalue weighted by molar-refractivity contribution is 7.99. The van der Waals surface area contributed by atoms with Crippen molar-refractivity contribution in [2.45, 2.75) is 87.6 Å². The van der Waals surface area contributed by atoms with Crippen molar-refractivity contribution in [2.75, 3.05) is 12.4 Å². The number of hydrogen-bond donors (Lipinski definition) is 0. The molecule has 0 saturated heterocycles. The second kappa shape index (κ2) is 10.4. The highest BCUT2D eigenvalue weighted by atomic mass is 32.2. The molecule has 2 heterocycles. The smallest absolute Gasteiger partial charge is 0.233 e. The number of amides is 1. The molecular weight excluding hydrogens is 436 g/mol. The number of carbonyl (C=O) groups excluding carboxylic acids is 1. The highest BCUT2D eigenvalue weighted by Crippen LogP contribution is 2.36. The molecule has 0 bridgehead atoms. The number of nitrogens with zero attached hydrogens (tertiary/aromatic N) is 4. The van der Waals surface area contributed by atoms with Crippen LogP contribution in [-0.4, -0.2) is 50.0 Å². The van der Waals surface area contributed by atoms with E-state index in [9.17, 15) is 4.79 Å². The third kappa shape index (κ3) is 5.00. The van der Waals surface area contributed by atoms with E-state index in [4.69, 9.17) is 9.47 Å². The van der Waals surface area contributed by atoms with Crippen molar-refractivity contribution in [3.8, 4) is 11.5 Å². The number of para-hydroxylation sites is 2. The second-order valence-electron chi connectivity index (χ2n) is 9.44. The zero-order chi connectivity index (χ0) is 22.6. The summed E-state index contributed by atoms with van der Waals surface area (Å²) in [7, 11) is 1.94. The summed E-state index contributed by atoms with van der Waals surface area (Å²) >= 11 is 1.48. The molecule has 2 aliphatic carbocycles. The van der Waals surface area contributed by atoms with E-state index in [-0.39, 0.29) is 12.0 Å². The Kier molecular flexibility index (Phi) is 7.09. The van der Waals surface area contributed by atoms with Gasteiger partial charge in [0.05, 0.1) is 5.75 Å². The summed E-state index contributed by atoms with van der Waals surface area (Å²) in [6.45, 7) is 0.393. The molecular formula is C25H34N4O3S. The summed E-state index contributed by atoms with van der Waals surface area (Å²) < 4.78 is 13.9. The van der Waals surface area contributed by atoms with Crippen molar-refractivity contribution in [3.05, 3.63) is 30.1 Å². The fraction of sp³-hybridized carbons (Fsp3) is 0.640. The maximum Gasteiger partial charge on any atom is 0.233 e. The average Bonchev–Trinajstić information content (AvgIpc) is 3.24.